The number of hydrogen-bond donors (Lipinski definition) is 1. The lowest BCUT2D eigenvalue weighted by atomic mass is 10.1. The van der Waals surface area contributed by atoms with Gasteiger partial charge in [-0.25, -0.2) is 0 Å². The van der Waals surface area contributed by atoms with E-state index in [2.05, 4.69) is 29.3 Å². The van der Waals surface area contributed by atoms with E-state index in [0.717, 1.165) is 23.1 Å². The summed E-state index contributed by atoms with van der Waals surface area (Å²) in [6.45, 7) is 2.89. The van der Waals surface area contributed by atoms with Crippen molar-refractivity contribution in [3.8, 4) is 0 Å². The van der Waals surface area contributed by atoms with E-state index in [9.17, 15) is 5.11 Å². The average Bonchev–Trinajstić information content (AvgIpc) is 3.03. The van der Waals surface area contributed by atoms with Gasteiger partial charge in [-0.15, -0.1) is 0 Å². The van der Waals surface area contributed by atoms with Gasteiger partial charge in [0.05, 0.1) is 16.9 Å². The first kappa shape index (κ1) is 12.9. The summed E-state index contributed by atoms with van der Waals surface area (Å²) in [5.74, 6) is 0. The molecular formula is C15H18N4O. The maximum atomic E-state index is 10.3. The van der Waals surface area contributed by atoms with E-state index < -0.39 is 6.10 Å². The molecule has 0 radical (unpaired) electrons. The van der Waals surface area contributed by atoms with Crippen molar-refractivity contribution in [2.45, 2.75) is 26.0 Å². The molecule has 2 aromatic heterocycles. The zero-order valence-electron chi connectivity index (χ0n) is 11.7. The van der Waals surface area contributed by atoms with Gasteiger partial charge in [0, 0.05) is 31.6 Å². The zero-order chi connectivity index (χ0) is 14.1. The molecule has 5 nitrogen and oxygen atoms in total. The third-order valence-corrected chi connectivity index (χ3v) is 3.50. The highest BCUT2D eigenvalue weighted by molar-refractivity contribution is 5.82. The van der Waals surface area contributed by atoms with Crippen molar-refractivity contribution >= 4 is 10.9 Å². The van der Waals surface area contributed by atoms with E-state index in [0.29, 0.717) is 12.1 Å². The molecule has 0 amide bonds. The molecule has 0 saturated heterocycles. The van der Waals surface area contributed by atoms with Gasteiger partial charge in [-0.1, -0.05) is 18.2 Å². The van der Waals surface area contributed by atoms with Crippen LogP contribution in [0.4, 0.5) is 0 Å². The lowest BCUT2D eigenvalue weighted by Crippen LogP contribution is -2.05. The molecule has 5 heteroatoms. The van der Waals surface area contributed by atoms with Gasteiger partial charge in [-0.2, -0.15) is 10.2 Å². The first-order valence-corrected chi connectivity index (χ1v) is 6.81. The quantitative estimate of drug-likeness (QED) is 0.789. The minimum atomic E-state index is -0.625. The Morgan fingerprint density at radius 1 is 1.20 bits per heavy atom. The van der Waals surface area contributed by atoms with Crippen molar-refractivity contribution in [1.29, 1.82) is 0 Å². The summed E-state index contributed by atoms with van der Waals surface area (Å²) in [7, 11) is 1.84. The van der Waals surface area contributed by atoms with E-state index in [-0.39, 0.29) is 0 Å². The third kappa shape index (κ3) is 2.20. The number of para-hydroxylation sites is 1. The standard InChI is InChI=1S/C15H18N4O/c1-3-19-14-7-5-4-6-11(14)13(17-19)10-15(20)12-8-9-18(2)16-12/h4-9,15,20H,3,10H2,1-2H3. The minimum absolute atomic E-state index is 0.477. The normalized spacial score (nSPS) is 12.9. The molecule has 1 N–H and O–H groups in total. The van der Waals surface area contributed by atoms with E-state index in [1.807, 2.05) is 36.1 Å². The number of aryl methyl sites for hydroxylation is 2. The summed E-state index contributed by atoms with van der Waals surface area (Å²) in [5, 5.41) is 20.3. The van der Waals surface area contributed by atoms with Crippen LogP contribution in [0.2, 0.25) is 0 Å². The Morgan fingerprint density at radius 2 is 2.00 bits per heavy atom. The van der Waals surface area contributed by atoms with Crippen molar-refractivity contribution in [1.82, 2.24) is 19.6 Å². The summed E-state index contributed by atoms with van der Waals surface area (Å²) < 4.78 is 3.66. The fourth-order valence-electron chi connectivity index (χ4n) is 2.49. The SMILES string of the molecule is CCn1nc(CC(O)c2ccn(C)n2)c2ccccc21. The van der Waals surface area contributed by atoms with Gasteiger partial charge in [-0.3, -0.25) is 9.36 Å². The second kappa shape index (κ2) is 5.09. The van der Waals surface area contributed by atoms with Gasteiger partial charge < -0.3 is 5.11 Å². The van der Waals surface area contributed by atoms with E-state index in [4.69, 9.17) is 0 Å². The monoisotopic (exact) mass is 270 g/mol. The predicted octanol–water partition coefficient (Wildman–Crippen LogP) is 2.07. The number of nitrogens with zero attached hydrogens (tertiary/aromatic N) is 4. The van der Waals surface area contributed by atoms with Crippen molar-refractivity contribution in [2.75, 3.05) is 0 Å². The molecule has 0 bridgehead atoms. The molecule has 20 heavy (non-hydrogen) atoms. The van der Waals surface area contributed by atoms with Gasteiger partial charge in [0.25, 0.3) is 0 Å². The fraction of sp³-hybridized carbons (Fsp3) is 0.333. The molecule has 1 aromatic carbocycles. The van der Waals surface area contributed by atoms with Crippen LogP contribution in [0.3, 0.4) is 0 Å². The molecule has 0 aliphatic carbocycles. The Kier molecular flexibility index (Phi) is 3.28. The first-order valence-electron chi connectivity index (χ1n) is 6.81. The summed E-state index contributed by atoms with van der Waals surface area (Å²) in [6.07, 6.45) is 1.69. The smallest absolute Gasteiger partial charge is 0.103 e. The molecule has 104 valence electrons. The van der Waals surface area contributed by atoms with Crippen LogP contribution in [-0.4, -0.2) is 24.7 Å². The molecule has 1 atom stereocenters. The minimum Gasteiger partial charge on any atom is -0.386 e. The number of rotatable bonds is 4. The maximum Gasteiger partial charge on any atom is 0.103 e. The summed E-state index contributed by atoms with van der Waals surface area (Å²) in [4.78, 5) is 0. The second-order valence-corrected chi connectivity index (χ2v) is 4.91. The number of fused-ring (bicyclic) bond motifs is 1. The van der Waals surface area contributed by atoms with Crippen LogP contribution in [-0.2, 0) is 20.0 Å². The molecule has 0 aliphatic rings. The molecule has 0 saturated carbocycles. The maximum absolute atomic E-state index is 10.3. The van der Waals surface area contributed by atoms with E-state index in [1.54, 1.807) is 4.68 Å². The highest BCUT2D eigenvalue weighted by Crippen LogP contribution is 2.23. The third-order valence-electron chi connectivity index (χ3n) is 3.50. The lowest BCUT2D eigenvalue weighted by Gasteiger charge is -2.05. The van der Waals surface area contributed by atoms with Crippen molar-refractivity contribution in [3.63, 3.8) is 0 Å². The van der Waals surface area contributed by atoms with Crippen molar-refractivity contribution in [2.24, 2.45) is 7.05 Å². The fourth-order valence-corrected chi connectivity index (χ4v) is 2.49. The van der Waals surface area contributed by atoms with Crippen molar-refractivity contribution < 1.29 is 5.11 Å². The average molecular weight is 270 g/mol. The number of aliphatic hydroxyl groups excluding tert-OH is 1. The van der Waals surface area contributed by atoms with E-state index in [1.165, 1.54) is 0 Å². The Hall–Kier alpha value is -2.14. The van der Waals surface area contributed by atoms with Crippen LogP contribution in [0.5, 0.6) is 0 Å². The lowest BCUT2D eigenvalue weighted by molar-refractivity contribution is 0.171. The topological polar surface area (TPSA) is 55.9 Å². The Bertz CT molecular complexity index is 728. The molecule has 0 aliphatic heterocycles. The van der Waals surface area contributed by atoms with E-state index >= 15 is 0 Å². The predicted molar refractivity (Wildman–Crippen MR) is 77.3 cm³/mol. The van der Waals surface area contributed by atoms with Gasteiger partial charge in [0.2, 0.25) is 0 Å². The highest BCUT2D eigenvalue weighted by Gasteiger charge is 2.16. The first-order chi connectivity index (χ1) is 9.69. The van der Waals surface area contributed by atoms with Gasteiger partial charge in [0.1, 0.15) is 6.10 Å². The largest absolute Gasteiger partial charge is 0.386 e. The van der Waals surface area contributed by atoms with Crippen LogP contribution in [0.1, 0.15) is 24.4 Å². The summed E-state index contributed by atoms with van der Waals surface area (Å²) in [6, 6.07) is 9.96. The Balaban J connectivity index is 1.94. The number of aliphatic hydroxyl groups is 1. The van der Waals surface area contributed by atoms with Crippen LogP contribution < -0.4 is 0 Å². The van der Waals surface area contributed by atoms with Crippen LogP contribution in [0.15, 0.2) is 36.5 Å². The van der Waals surface area contributed by atoms with Crippen LogP contribution in [0.25, 0.3) is 10.9 Å². The second-order valence-electron chi connectivity index (χ2n) is 4.91. The zero-order valence-corrected chi connectivity index (χ0v) is 11.7. The summed E-state index contributed by atoms with van der Waals surface area (Å²) >= 11 is 0. The van der Waals surface area contributed by atoms with Crippen LogP contribution >= 0.6 is 0 Å². The van der Waals surface area contributed by atoms with Crippen LogP contribution in [0, 0.1) is 0 Å². The van der Waals surface area contributed by atoms with Gasteiger partial charge >= 0.3 is 0 Å². The Labute approximate surface area is 117 Å². The molecule has 1 unspecified atom stereocenters. The van der Waals surface area contributed by atoms with Crippen molar-refractivity contribution in [3.05, 3.63) is 47.9 Å². The number of hydrogen-bond acceptors (Lipinski definition) is 3. The Morgan fingerprint density at radius 3 is 2.70 bits per heavy atom. The molecule has 0 fully saturated rings. The molecule has 3 rings (SSSR count). The van der Waals surface area contributed by atoms with Gasteiger partial charge in [0.15, 0.2) is 0 Å². The molecule has 2 heterocycles. The molecular weight excluding hydrogens is 252 g/mol. The molecule has 0 spiro atoms. The number of benzene rings is 1. The molecule has 3 aromatic rings. The highest BCUT2D eigenvalue weighted by atomic mass is 16.3. The van der Waals surface area contributed by atoms with Gasteiger partial charge in [-0.05, 0) is 19.1 Å². The summed E-state index contributed by atoms with van der Waals surface area (Å²) in [5.41, 5.74) is 2.71. The number of aromatic nitrogens is 4.